The quantitative estimate of drug-likeness (QED) is 0.562. The van der Waals surface area contributed by atoms with Gasteiger partial charge in [-0.15, -0.1) is 0 Å². The number of carbonyl (C=O) groups is 1. The molecule has 0 fully saturated rings. The molecule has 116 valence electrons. The van der Waals surface area contributed by atoms with Gasteiger partial charge in [0.1, 0.15) is 5.75 Å². The second-order valence-electron chi connectivity index (χ2n) is 5.10. The average Bonchev–Trinajstić information content (AvgIpc) is 2.99. The lowest BCUT2D eigenvalue weighted by molar-refractivity contribution is -0.120. The van der Waals surface area contributed by atoms with E-state index in [0.717, 1.165) is 27.8 Å². The molecule has 23 heavy (non-hydrogen) atoms. The fraction of sp³-hybridized carbons (Fsp3) is 0.111. The molecule has 3 rings (SSSR count). The highest BCUT2D eigenvalue weighted by atomic mass is 16.5. The van der Waals surface area contributed by atoms with Crippen molar-refractivity contribution < 1.29 is 9.53 Å². The van der Waals surface area contributed by atoms with Crippen molar-refractivity contribution >= 4 is 23.0 Å². The molecule has 0 spiro atoms. The number of carbonyl (C=O) groups excluding carboxylic acids is 1. The van der Waals surface area contributed by atoms with Crippen molar-refractivity contribution in [3.05, 3.63) is 65.9 Å². The number of nitrogens with zero attached hydrogens (tertiary/aromatic N) is 1. The van der Waals surface area contributed by atoms with Gasteiger partial charge in [-0.25, -0.2) is 5.43 Å². The largest absolute Gasteiger partial charge is 0.497 e. The van der Waals surface area contributed by atoms with Gasteiger partial charge in [0, 0.05) is 17.1 Å². The summed E-state index contributed by atoms with van der Waals surface area (Å²) in [6.45, 7) is 0. The van der Waals surface area contributed by atoms with E-state index >= 15 is 0 Å². The summed E-state index contributed by atoms with van der Waals surface area (Å²) in [4.78, 5) is 15.1. The third-order valence-electron chi connectivity index (χ3n) is 3.54. The molecule has 2 aromatic carbocycles. The Balaban J connectivity index is 1.59. The van der Waals surface area contributed by atoms with Gasteiger partial charge in [0.05, 0.1) is 19.7 Å². The molecule has 0 saturated heterocycles. The Kier molecular flexibility index (Phi) is 4.38. The Labute approximate surface area is 134 Å². The predicted molar refractivity (Wildman–Crippen MR) is 90.7 cm³/mol. The number of benzene rings is 2. The molecule has 0 aliphatic heterocycles. The Hall–Kier alpha value is -3.08. The monoisotopic (exact) mass is 307 g/mol. The van der Waals surface area contributed by atoms with Gasteiger partial charge in [-0.2, -0.15) is 5.10 Å². The number of fused-ring (bicyclic) bond motifs is 1. The maximum absolute atomic E-state index is 12.0. The van der Waals surface area contributed by atoms with Crippen LogP contribution in [-0.4, -0.2) is 24.2 Å². The van der Waals surface area contributed by atoms with Crippen LogP contribution < -0.4 is 10.2 Å². The zero-order chi connectivity index (χ0) is 16.1. The lowest BCUT2D eigenvalue weighted by Crippen LogP contribution is -2.19. The van der Waals surface area contributed by atoms with E-state index in [2.05, 4.69) is 15.5 Å². The van der Waals surface area contributed by atoms with Crippen molar-refractivity contribution in [1.29, 1.82) is 0 Å². The molecule has 0 saturated carbocycles. The van der Waals surface area contributed by atoms with Crippen LogP contribution >= 0.6 is 0 Å². The number of methoxy groups -OCH3 is 1. The molecule has 1 amide bonds. The molecule has 5 nitrogen and oxygen atoms in total. The maximum atomic E-state index is 12.0. The summed E-state index contributed by atoms with van der Waals surface area (Å²) in [7, 11) is 1.62. The van der Waals surface area contributed by atoms with Crippen LogP contribution in [0, 0.1) is 0 Å². The molecule has 0 atom stereocenters. The molecule has 1 heterocycles. The molecule has 0 aliphatic carbocycles. The number of H-pyrrole nitrogens is 1. The Morgan fingerprint density at radius 1 is 1.22 bits per heavy atom. The highest BCUT2D eigenvalue weighted by Crippen LogP contribution is 2.17. The third-order valence-corrected chi connectivity index (χ3v) is 3.54. The van der Waals surface area contributed by atoms with Crippen LogP contribution in [-0.2, 0) is 11.2 Å². The smallest absolute Gasteiger partial charge is 0.244 e. The molecule has 0 radical (unpaired) electrons. The Morgan fingerprint density at radius 3 is 2.78 bits per heavy atom. The number of aromatic nitrogens is 1. The summed E-state index contributed by atoms with van der Waals surface area (Å²) in [5.41, 5.74) is 5.42. The zero-order valence-corrected chi connectivity index (χ0v) is 12.7. The van der Waals surface area contributed by atoms with Gasteiger partial charge in [0.15, 0.2) is 0 Å². The van der Waals surface area contributed by atoms with E-state index in [-0.39, 0.29) is 12.3 Å². The van der Waals surface area contributed by atoms with Crippen LogP contribution in [0.4, 0.5) is 0 Å². The van der Waals surface area contributed by atoms with E-state index < -0.39 is 0 Å². The number of para-hydroxylation sites is 1. The molecule has 5 heteroatoms. The minimum absolute atomic E-state index is 0.153. The number of hydrazone groups is 1. The molecule has 2 N–H and O–H groups in total. The van der Waals surface area contributed by atoms with Crippen molar-refractivity contribution in [2.45, 2.75) is 6.42 Å². The zero-order valence-electron chi connectivity index (χ0n) is 12.7. The molecule has 3 aromatic rings. The van der Waals surface area contributed by atoms with Crippen LogP contribution in [0.2, 0.25) is 0 Å². The first kappa shape index (κ1) is 14.8. The van der Waals surface area contributed by atoms with Gasteiger partial charge in [-0.3, -0.25) is 4.79 Å². The predicted octanol–water partition coefficient (Wildman–Crippen LogP) is 2.87. The number of ether oxygens (including phenoxy) is 1. The lowest BCUT2D eigenvalue weighted by atomic mass is 10.1. The fourth-order valence-electron chi connectivity index (χ4n) is 2.36. The highest BCUT2D eigenvalue weighted by molar-refractivity contribution is 5.89. The maximum Gasteiger partial charge on any atom is 0.244 e. The van der Waals surface area contributed by atoms with Crippen molar-refractivity contribution in [3.63, 3.8) is 0 Å². The number of hydrogen-bond acceptors (Lipinski definition) is 3. The number of rotatable bonds is 5. The van der Waals surface area contributed by atoms with Gasteiger partial charge < -0.3 is 9.72 Å². The molecule has 0 aliphatic rings. The Bertz CT molecular complexity index is 835. The second-order valence-corrected chi connectivity index (χ2v) is 5.10. The third kappa shape index (κ3) is 3.58. The minimum Gasteiger partial charge on any atom is -0.497 e. The van der Waals surface area contributed by atoms with E-state index in [1.807, 2.05) is 54.7 Å². The minimum atomic E-state index is -0.153. The van der Waals surface area contributed by atoms with Crippen molar-refractivity contribution in [2.24, 2.45) is 5.10 Å². The molecule has 0 bridgehead atoms. The first-order valence-electron chi connectivity index (χ1n) is 7.27. The lowest BCUT2D eigenvalue weighted by Gasteiger charge is -2.00. The van der Waals surface area contributed by atoms with E-state index in [1.54, 1.807) is 13.3 Å². The first-order valence-corrected chi connectivity index (χ1v) is 7.27. The average molecular weight is 307 g/mol. The summed E-state index contributed by atoms with van der Waals surface area (Å²) in [6, 6.07) is 15.3. The van der Waals surface area contributed by atoms with E-state index in [0.29, 0.717) is 0 Å². The summed E-state index contributed by atoms with van der Waals surface area (Å²) >= 11 is 0. The van der Waals surface area contributed by atoms with Crippen LogP contribution in [0.15, 0.2) is 59.8 Å². The van der Waals surface area contributed by atoms with Crippen molar-refractivity contribution in [2.75, 3.05) is 7.11 Å². The standard InChI is InChI=1S/C18H17N3O2/c1-23-15-8-6-13(7-9-15)11-20-21-18(22)10-14-12-19-17-5-3-2-4-16(14)17/h2-9,11-12,19H,10H2,1H3,(H,21,22)/b20-11-. The van der Waals surface area contributed by atoms with E-state index in [4.69, 9.17) is 4.74 Å². The fourth-order valence-corrected chi connectivity index (χ4v) is 2.36. The van der Waals surface area contributed by atoms with Crippen LogP contribution in [0.1, 0.15) is 11.1 Å². The van der Waals surface area contributed by atoms with Crippen molar-refractivity contribution in [3.8, 4) is 5.75 Å². The summed E-state index contributed by atoms with van der Waals surface area (Å²) in [5.74, 6) is 0.630. The summed E-state index contributed by atoms with van der Waals surface area (Å²) in [6.07, 6.45) is 3.74. The Morgan fingerprint density at radius 2 is 2.00 bits per heavy atom. The van der Waals surface area contributed by atoms with Gasteiger partial charge in [-0.1, -0.05) is 18.2 Å². The number of aromatic amines is 1. The number of amides is 1. The normalized spacial score (nSPS) is 11.0. The molecular weight excluding hydrogens is 290 g/mol. The summed E-state index contributed by atoms with van der Waals surface area (Å²) in [5, 5.41) is 5.04. The summed E-state index contributed by atoms with van der Waals surface area (Å²) < 4.78 is 5.09. The molecule has 1 aromatic heterocycles. The second kappa shape index (κ2) is 6.79. The van der Waals surface area contributed by atoms with Crippen LogP contribution in [0.25, 0.3) is 10.9 Å². The van der Waals surface area contributed by atoms with E-state index in [1.165, 1.54) is 0 Å². The van der Waals surface area contributed by atoms with Gasteiger partial charge in [-0.05, 0) is 41.5 Å². The number of hydrogen-bond donors (Lipinski definition) is 2. The van der Waals surface area contributed by atoms with Gasteiger partial charge in [0.2, 0.25) is 5.91 Å². The van der Waals surface area contributed by atoms with Crippen LogP contribution in [0.5, 0.6) is 5.75 Å². The molecule has 0 unspecified atom stereocenters. The van der Waals surface area contributed by atoms with Gasteiger partial charge in [0.25, 0.3) is 0 Å². The van der Waals surface area contributed by atoms with Crippen molar-refractivity contribution in [1.82, 2.24) is 10.4 Å². The topological polar surface area (TPSA) is 66.5 Å². The molecular formula is C18H17N3O2. The SMILES string of the molecule is COc1ccc(/C=N\NC(=O)Cc2c[nH]c3ccccc23)cc1. The first-order chi connectivity index (χ1) is 11.3. The van der Waals surface area contributed by atoms with E-state index in [9.17, 15) is 4.79 Å². The highest BCUT2D eigenvalue weighted by Gasteiger charge is 2.07. The van der Waals surface area contributed by atoms with Crippen LogP contribution in [0.3, 0.4) is 0 Å². The van der Waals surface area contributed by atoms with Gasteiger partial charge >= 0.3 is 0 Å². The number of nitrogens with one attached hydrogen (secondary N) is 2.